The van der Waals surface area contributed by atoms with Crippen molar-refractivity contribution in [1.29, 1.82) is 0 Å². The minimum absolute atomic E-state index is 0.139. The molecule has 126 heavy (non-hydrogen) atoms. The molecule has 7 aliphatic heterocycles. The lowest BCUT2D eigenvalue weighted by atomic mass is 9.90. The van der Waals surface area contributed by atoms with Gasteiger partial charge in [-0.15, -0.1) is 65.9 Å². The highest BCUT2D eigenvalue weighted by Crippen LogP contribution is 2.45. The summed E-state index contributed by atoms with van der Waals surface area (Å²) in [6.45, 7) is 30.7. The summed E-state index contributed by atoms with van der Waals surface area (Å²) in [7, 11) is 1.81. The third kappa shape index (κ3) is 32.6. The van der Waals surface area contributed by atoms with Gasteiger partial charge in [-0.1, -0.05) is 40.3 Å². The van der Waals surface area contributed by atoms with E-state index in [2.05, 4.69) is 152 Å². The van der Waals surface area contributed by atoms with Crippen LogP contribution in [0.5, 0.6) is 0 Å². The average Bonchev–Trinajstić information content (AvgIpc) is 1.68. The van der Waals surface area contributed by atoms with Gasteiger partial charge in [-0.2, -0.15) is 0 Å². The highest BCUT2D eigenvalue weighted by molar-refractivity contribution is 7.80. The first-order valence-electron chi connectivity index (χ1n) is 42.9. The summed E-state index contributed by atoms with van der Waals surface area (Å²) in [6.07, 6.45) is 21.0. The molecule has 0 bridgehead atoms. The van der Waals surface area contributed by atoms with Crippen LogP contribution in [0, 0.1) is 5.92 Å². The summed E-state index contributed by atoms with van der Waals surface area (Å²) in [5, 5.41) is 122. The molecule has 3 aromatic heterocycles. The van der Waals surface area contributed by atoms with Crippen LogP contribution in [0.2, 0.25) is 0 Å². The van der Waals surface area contributed by atoms with E-state index in [1.807, 2.05) is 34.7 Å². The molecule has 10 heterocycles. The van der Waals surface area contributed by atoms with Crippen molar-refractivity contribution in [3.8, 4) is 0 Å². The van der Waals surface area contributed by atoms with Crippen LogP contribution in [-0.2, 0) is 53.2 Å². The van der Waals surface area contributed by atoms with Gasteiger partial charge in [0.1, 0.15) is 85.5 Å². The van der Waals surface area contributed by atoms with E-state index in [-0.39, 0.29) is 30.6 Å². The maximum absolute atomic E-state index is 12.3. The number of aliphatic hydroxyl groups excluding tert-OH is 10. The van der Waals surface area contributed by atoms with E-state index in [0.29, 0.717) is 72.7 Å². The van der Waals surface area contributed by atoms with Gasteiger partial charge < -0.3 is 95.6 Å². The summed E-state index contributed by atoms with van der Waals surface area (Å²) >= 11 is 5.14. The molecule has 19 N–H and O–H groups in total. The van der Waals surface area contributed by atoms with E-state index in [9.17, 15) is 89.4 Å². The largest absolute Gasteiger partial charge is 0.388 e. The lowest BCUT2D eigenvalue weighted by molar-refractivity contribution is -0.136. The zero-order valence-corrected chi connectivity index (χ0v) is 81.3. The Morgan fingerprint density at radius 2 is 0.794 bits per heavy atom. The molecule has 0 aliphatic carbocycles. The van der Waals surface area contributed by atoms with Crippen molar-refractivity contribution < 1.29 is 84.3 Å². The van der Waals surface area contributed by atoms with Crippen LogP contribution in [-0.4, -0.2) is 374 Å². The zero-order valence-electron chi connectivity index (χ0n) is 76.0. The first kappa shape index (κ1) is 110. The molecule has 0 saturated carbocycles. The van der Waals surface area contributed by atoms with Crippen molar-refractivity contribution in [2.75, 3.05) is 137 Å². The van der Waals surface area contributed by atoms with Gasteiger partial charge in [0.2, 0.25) is 5.91 Å². The predicted molar refractivity (Wildman–Crippen MR) is 515 cm³/mol. The first-order chi connectivity index (χ1) is 58.6. The summed E-state index contributed by atoms with van der Waals surface area (Å²) in [6, 6.07) is 0. The molecule has 5 fully saturated rings. The molecule has 42 heteroatoms. The lowest BCUT2D eigenvalue weighted by Gasteiger charge is -2.30. The fourth-order valence-corrected chi connectivity index (χ4v) is 19.6. The number of amides is 2. The van der Waals surface area contributed by atoms with E-state index in [1.165, 1.54) is 27.7 Å². The molecule has 3 aromatic rings. The smallest absolute Gasteiger partial charge is 0.330 e. The van der Waals surface area contributed by atoms with Crippen molar-refractivity contribution in [1.82, 2.24) is 65.5 Å². The van der Waals surface area contributed by atoms with E-state index >= 15 is 0 Å². The van der Waals surface area contributed by atoms with E-state index in [4.69, 9.17) is 35.9 Å². The highest BCUT2D eigenvalue weighted by atomic mass is 32.1. The van der Waals surface area contributed by atoms with Crippen molar-refractivity contribution in [3.63, 3.8) is 0 Å². The second kappa shape index (κ2) is 49.0. The third-order valence-electron chi connectivity index (χ3n) is 22.0. The standard InChI is InChI=1S/C18H31N2O5P.3C17H30N3O5P.C15H25N2O3PS/c1-5-7-19-10-11-9-12(18(24)20-17(11)23)16-15(22)14(21)13(25-16)6-8-26(2,3)4;2*1-5-7-18-10-20-9-11(16(23)19-17(20)24)15-14(22)13(21)12(25-15)6-8-26(2,3)4;1-5-7-18-9-11-10-20(17(24)19-15(11)23)16-14(22)13(21)12(25-16)6-8-26(2,3)4;1-9-10(8-17(2)15(22)16-9)14-13(19)12(18)11(20-14)6-7-21(3,4)5/h9,12-16,19,21-22H,2,5-8,10H2,1,3-4H3,(H,20,23,24);2*9,12-15,18,21-22H,2,5-8,10H2,1,3-4H3,(H,19,23,24);10,12-14,16,18,21-22H,2,5-9H2,1,3-4H3,(H,19,23,24);8,11-14,18-19H,1,3,6-7H2,2,4-5H3,(H,16,22)/t12?,13-,14-,15-,16+;2*12-,13-,14-,15+;12-,13-,14-,16-;11-,12-,13-,14?/m11111/s1. The number of imide groups is 1. The normalized spacial score (nSPS) is 28.8. The molecule has 0 aromatic carbocycles. The maximum Gasteiger partial charge on any atom is 0.330 e. The monoisotopic (exact) mass is 1890 g/mol. The number of hydrogen-bond donors (Lipinski definition) is 19. The quantitative estimate of drug-likeness (QED) is 0.0155. The van der Waals surface area contributed by atoms with Gasteiger partial charge in [-0.25, -0.2) is 14.4 Å². The van der Waals surface area contributed by atoms with E-state index in [1.54, 1.807) is 17.2 Å². The first-order valence-corrected chi connectivity index (χ1v) is 58.6. The van der Waals surface area contributed by atoms with Crippen molar-refractivity contribution >= 4 is 95.1 Å². The molecule has 5 saturated heterocycles. The maximum atomic E-state index is 12.3. The van der Waals surface area contributed by atoms with Crippen LogP contribution < -0.4 is 65.6 Å². The summed E-state index contributed by atoms with van der Waals surface area (Å²) in [4.78, 5) is 105. The van der Waals surface area contributed by atoms with Gasteiger partial charge in [0.25, 0.3) is 22.6 Å². The number of hydrogen-bond acceptors (Lipinski definition) is 28. The fourth-order valence-electron chi connectivity index (χ4n) is 14.6. The van der Waals surface area contributed by atoms with E-state index in [0.717, 1.165) is 87.2 Å². The molecule has 2 amide bonds. The van der Waals surface area contributed by atoms with Gasteiger partial charge in [0.15, 0.2) is 11.3 Å². The Morgan fingerprint density at radius 1 is 0.437 bits per heavy atom. The average molecular weight is 1890 g/mol. The van der Waals surface area contributed by atoms with Crippen LogP contribution >= 0.6 is 46.6 Å². The van der Waals surface area contributed by atoms with Crippen LogP contribution in [0.1, 0.15) is 121 Å². The van der Waals surface area contributed by atoms with Gasteiger partial charge >= 0.3 is 17.1 Å². The summed E-state index contributed by atoms with van der Waals surface area (Å²) in [5.41, 5.74) is -1.00. The Labute approximate surface area is 745 Å². The molecular weight excluding hydrogens is 1750 g/mol. The van der Waals surface area contributed by atoms with Crippen LogP contribution in [0.15, 0.2) is 83.1 Å². The number of aliphatic hydroxyl groups is 10. The van der Waals surface area contributed by atoms with Crippen LogP contribution in [0.4, 0.5) is 0 Å². The number of carbonyl (C=O) groups excluding carboxylic acids is 2. The summed E-state index contributed by atoms with van der Waals surface area (Å²) in [5.74, 6) is -1.73. The second-order valence-corrected chi connectivity index (χ2v) is 58.9. The number of ether oxygens (including phenoxy) is 5. The van der Waals surface area contributed by atoms with Crippen LogP contribution in [0.3, 0.4) is 0 Å². The molecular formula is C84H146N13O23P5S. The number of carbonyl (C=O) groups is 2. The number of H-pyrrole nitrogens is 3. The fraction of sp³-hybridized carbons (Fsp3) is 0.690. The molecule has 2 unspecified atom stereocenters. The molecule has 7 aliphatic rings. The number of nitrogens with zero attached hydrogens (tertiary/aromatic N) is 4. The third-order valence-corrected chi connectivity index (χ3v) is 29.7. The zero-order chi connectivity index (χ0) is 94.6. The minimum Gasteiger partial charge on any atom is -0.388 e. The second-order valence-electron chi connectivity index (χ2n) is 36.9. The number of rotatable bonds is 36. The SMILES string of the molecule is C=C1NC(=S)N(C)C=C1C1O[C@H](CCP(=C)(C)C)[C@@H](O)[C@H]1O.C=P(C)(C)CC[C@H]1O[C@@H](C2C=C(CNCCC)C(=O)NC2=O)[C@H](O)[C@@H]1O.C=P(C)(C)CC[C@H]1O[C@@H](c2cn(CNCCC)c(=O)[nH]c2=O)[C@H](O)[C@@H]1O.C=P(C)(C)CC[C@H]1O[C@@H](c2cn(CNCCC)c(=O)[nH]c2=O)[C@H](O)[C@@H]1O.C=P(C)(C)CC[C@H]1O[C@@H](n2cc(CNCCC)c(=O)[nH]c2=O)[C@H](O)[C@@H]1O. The molecule has 0 spiro atoms. The topological polar surface area (TPSA) is 523 Å². The van der Waals surface area contributed by atoms with Crippen molar-refractivity contribution in [2.24, 2.45) is 5.92 Å². The lowest BCUT2D eigenvalue weighted by Crippen LogP contribution is -2.49. The minimum atomic E-state index is -1.29. The molecule has 716 valence electrons. The van der Waals surface area contributed by atoms with E-state index < -0.39 is 202 Å². The Morgan fingerprint density at radius 3 is 1.21 bits per heavy atom. The van der Waals surface area contributed by atoms with Gasteiger partial charge in [-0.3, -0.25) is 68.6 Å². The number of thiocarbonyl (C=S) groups is 1. The molecule has 0 radical (unpaired) electrons. The number of nitrogens with one attached hydrogen (secondary N) is 9. The Hall–Kier alpha value is -5.17. The number of aromatic amines is 3. The Kier molecular flexibility index (Phi) is 42.6. The molecule has 36 nitrogen and oxygen atoms in total. The van der Waals surface area contributed by atoms with Crippen molar-refractivity contribution in [2.45, 2.75) is 228 Å². The van der Waals surface area contributed by atoms with Gasteiger partial charge in [0.05, 0.1) is 60.9 Å². The van der Waals surface area contributed by atoms with Crippen molar-refractivity contribution in [3.05, 3.63) is 133 Å². The highest BCUT2D eigenvalue weighted by Gasteiger charge is 2.51. The summed E-state index contributed by atoms with van der Waals surface area (Å²) < 4.78 is 33.0. The van der Waals surface area contributed by atoms with Crippen LogP contribution in [0.25, 0.3) is 0 Å². The predicted octanol–water partition coefficient (Wildman–Crippen LogP) is -0.170. The Balaban J connectivity index is 0.000000244. The molecule has 10 rings (SSSR count). The Bertz CT molecular complexity index is 4540. The number of aromatic nitrogens is 6. The van der Waals surface area contributed by atoms with Gasteiger partial charge in [-0.05, 0) is 194 Å². The van der Waals surface area contributed by atoms with Gasteiger partial charge in [0, 0.05) is 67.3 Å². The molecule has 21 atom stereocenters.